The molecule has 1 fully saturated rings. The van der Waals surface area contributed by atoms with Gasteiger partial charge in [0.25, 0.3) is 0 Å². The Morgan fingerprint density at radius 1 is 1.38 bits per heavy atom. The van der Waals surface area contributed by atoms with E-state index >= 15 is 0 Å². The van der Waals surface area contributed by atoms with Gasteiger partial charge in [0.15, 0.2) is 0 Å². The van der Waals surface area contributed by atoms with Crippen molar-refractivity contribution in [1.82, 2.24) is 25.1 Å². The quantitative estimate of drug-likeness (QED) is 0.927. The minimum atomic E-state index is 0.739. The second-order valence-electron chi connectivity index (χ2n) is 5.91. The van der Waals surface area contributed by atoms with Gasteiger partial charge in [-0.05, 0) is 73.5 Å². The van der Waals surface area contributed by atoms with Gasteiger partial charge in [-0.15, -0.1) is 5.10 Å². The van der Waals surface area contributed by atoms with Crippen molar-refractivity contribution in [2.24, 2.45) is 5.92 Å². The molecule has 0 spiro atoms. The van der Waals surface area contributed by atoms with Crippen LogP contribution in [0.15, 0.2) is 24.5 Å². The third-order valence-corrected chi connectivity index (χ3v) is 4.11. The summed E-state index contributed by atoms with van der Waals surface area (Å²) < 4.78 is 1.69. The molecule has 0 saturated carbocycles. The van der Waals surface area contributed by atoms with Gasteiger partial charge in [0.1, 0.15) is 6.33 Å². The predicted octanol–water partition coefficient (Wildman–Crippen LogP) is 1.72. The van der Waals surface area contributed by atoms with Crippen LogP contribution in [-0.2, 0) is 0 Å². The summed E-state index contributed by atoms with van der Waals surface area (Å²) in [6, 6.07) is 6.31. The Hall–Kier alpha value is -1.95. The maximum atomic E-state index is 3.93. The van der Waals surface area contributed by atoms with E-state index in [0.717, 1.165) is 29.4 Å². The summed E-state index contributed by atoms with van der Waals surface area (Å²) in [4.78, 5) is 2.42. The first-order valence-corrected chi connectivity index (χ1v) is 7.49. The molecule has 0 amide bonds. The summed E-state index contributed by atoms with van der Waals surface area (Å²) in [5.74, 6) is 0.739. The fourth-order valence-electron chi connectivity index (χ4n) is 3.00. The normalized spacial score (nSPS) is 19.6. The molecule has 1 aromatic heterocycles. The second-order valence-corrected chi connectivity index (χ2v) is 5.91. The van der Waals surface area contributed by atoms with Gasteiger partial charge in [-0.2, -0.15) is 0 Å². The van der Waals surface area contributed by atoms with E-state index in [1.54, 1.807) is 11.0 Å². The molecular weight excluding hydrogens is 264 g/mol. The van der Waals surface area contributed by atoms with Crippen molar-refractivity contribution in [3.63, 3.8) is 0 Å². The van der Waals surface area contributed by atoms with E-state index < -0.39 is 0 Å². The Morgan fingerprint density at radius 3 is 3.00 bits per heavy atom. The zero-order chi connectivity index (χ0) is 14.7. The second kappa shape index (κ2) is 6.22. The Balaban J connectivity index is 1.63. The van der Waals surface area contributed by atoms with Gasteiger partial charge in [0.2, 0.25) is 0 Å². The molecular formula is C15H22N6. The Morgan fingerprint density at radius 2 is 2.29 bits per heavy atom. The number of anilines is 1. The monoisotopic (exact) mass is 286 g/mol. The first kappa shape index (κ1) is 14.0. The minimum Gasteiger partial charge on any atom is -0.385 e. The highest BCUT2D eigenvalue weighted by molar-refractivity contribution is 5.53. The van der Waals surface area contributed by atoms with Crippen LogP contribution in [0, 0.1) is 12.8 Å². The highest BCUT2D eigenvalue weighted by Crippen LogP contribution is 2.20. The number of nitrogens with one attached hydrogen (secondary N) is 1. The van der Waals surface area contributed by atoms with Gasteiger partial charge < -0.3 is 10.2 Å². The van der Waals surface area contributed by atoms with Crippen LogP contribution in [-0.4, -0.2) is 51.8 Å². The molecule has 6 nitrogen and oxygen atoms in total. The van der Waals surface area contributed by atoms with Crippen LogP contribution in [0.2, 0.25) is 0 Å². The molecule has 2 heterocycles. The van der Waals surface area contributed by atoms with Gasteiger partial charge in [0, 0.05) is 18.8 Å². The number of tetrazole rings is 1. The van der Waals surface area contributed by atoms with Crippen LogP contribution in [0.1, 0.15) is 18.4 Å². The molecule has 1 N–H and O–H groups in total. The molecule has 2 aromatic rings. The van der Waals surface area contributed by atoms with Crippen molar-refractivity contribution >= 4 is 5.69 Å². The van der Waals surface area contributed by atoms with Crippen LogP contribution >= 0.6 is 0 Å². The standard InChI is InChI=1S/C15H22N6/c1-12-8-14(5-6-15(12)21-11-17-18-19-21)16-9-13-4-3-7-20(2)10-13/h5-6,8,11,13,16H,3-4,7,9-10H2,1-2H3. The van der Waals surface area contributed by atoms with E-state index in [-0.39, 0.29) is 0 Å². The number of nitrogens with zero attached hydrogens (tertiary/aromatic N) is 5. The van der Waals surface area contributed by atoms with Gasteiger partial charge in [-0.25, -0.2) is 4.68 Å². The van der Waals surface area contributed by atoms with Crippen LogP contribution in [0.3, 0.4) is 0 Å². The maximum Gasteiger partial charge on any atom is 0.143 e. The number of piperidine rings is 1. The summed E-state index contributed by atoms with van der Waals surface area (Å²) in [5, 5.41) is 14.9. The average Bonchev–Trinajstić information content (AvgIpc) is 2.99. The fraction of sp³-hybridized carbons (Fsp3) is 0.533. The van der Waals surface area contributed by atoms with Crippen molar-refractivity contribution in [1.29, 1.82) is 0 Å². The molecule has 1 aromatic carbocycles. The van der Waals surface area contributed by atoms with E-state index in [9.17, 15) is 0 Å². The Labute approximate surface area is 125 Å². The third kappa shape index (κ3) is 3.39. The van der Waals surface area contributed by atoms with Crippen molar-refractivity contribution < 1.29 is 0 Å². The summed E-state index contributed by atoms with van der Waals surface area (Å²) in [6.45, 7) is 5.54. The van der Waals surface area contributed by atoms with Gasteiger partial charge >= 0.3 is 0 Å². The molecule has 1 aliphatic heterocycles. The average molecular weight is 286 g/mol. The number of aryl methyl sites for hydroxylation is 1. The van der Waals surface area contributed by atoms with Crippen LogP contribution in [0.4, 0.5) is 5.69 Å². The van der Waals surface area contributed by atoms with E-state index in [0.29, 0.717) is 0 Å². The summed E-state index contributed by atoms with van der Waals surface area (Å²) in [6.07, 6.45) is 4.24. The molecule has 1 atom stereocenters. The van der Waals surface area contributed by atoms with Crippen molar-refractivity contribution in [3.05, 3.63) is 30.1 Å². The predicted molar refractivity (Wildman–Crippen MR) is 82.6 cm³/mol. The number of likely N-dealkylation sites (tertiary alicyclic amines) is 1. The largest absolute Gasteiger partial charge is 0.385 e. The topological polar surface area (TPSA) is 58.9 Å². The SMILES string of the molecule is Cc1cc(NCC2CCCN(C)C2)ccc1-n1cnnn1. The van der Waals surface area contributed by atoms with Crippen LogP contribution < -0.4 is 5.32 Å². The summed E-state index contributed by atoms with van der Waals surface area (Å²) >= 11 is 0. The first-order chi connectivity index (χ1) is 10.2. The van der Waals surface area contributed by atoms with Gasteiger partial charge in [-0.3, -0.25) is 0 Å². The molecule has 1 unspecified atom stereocenters. The lowest BCUT2D eigenvalue weighted by Crippen LogP contribution is -2.35. The van der Waals surface area contributed by atoms with Gasteiger partial charge in [0.05, 0.1) is 5.69 Å². The Kier molecular flexibility index (Phi) is 4.15. The minimum absolute atomic E-state index is 0.739. The zero-order valence-corrected chi connectivity index (χ0v) is 12.7. The van der Waals surface area contributed by atoms with E-state index in [2.05, 4.69) is 57.9 Å². The number of benzene rings is 1. The van der Waals surface area contributed by atoms with Crippen molar-refractivity contribution in [2.75, 3.05) is 32.0 Å². The van der Waals surface area contributed by atoms with Crippen LogP contribution in [0.25, 0.3) is 5.69 Å². The molecule has 21 heavy (non-hydrogen) atoms. The number of hydrogen-bond acceptors (Lipinski definition) is 5. The molecule has 0 aliphatic carbocycles. The molecule has 0 radical (unpaired) electrons. The van der Waals surface area contributed by atoms with Gasteiger partial charge in [-0.1, -0.05) is 0 Å². The zero-order valence-electron chi connectivity index (χ0n) is 12.7. The van der Waals surface area contributed by atoms with Crippen molar-refractivity contribution in [3.8, 4) is 5.69 Å². The number of rotatable bonds is 4. The van der Waals surface area contributed by atoms with E-state index in [1.165, 1.54) is 25.9 Å². The van der Waals surface area contributed by atoms with Crippen LogP contribution in [0.5, 0.6) is 0 Å². The lowest BCUT2D eigenvalue weighted by molar-refractivity contribution is 0.217. The summed E-state index contributed by atoms with van der Waals surface area (Å²) in [5.41, 5.74) is 3.34. The third-order valence-electron chi connectivity index (χ3n) is 4.11. The highest BCUT2D eigenvalue weighted by atomic mass is 15.5. The molecule has 3 rings (SSSR count). The smallest absolute Gasteiger partial charge is 0.143 e. The maximum absolute atomic E-state index is 3.93. The van der Waals surface area contributed by atoms with E-state index in [1.807, 2.05) is 0 Å². The highest BCUT2D eigenvalue weighted by Gasteiger charge is 2.16. The lowest BCUT2D eigenvalue weighted by Gasteiger charge is -2.30. The molecule has 6 heteroatoms. The fourth-order valence-corrected chi connectivity index (χ4v) is 3.00. The lowest BCUT2D eigenvalue weighted by atomic mass is 9.98. The molecule has 112 valence electrons. The molecule has 1 saturated heterocycles. The molecule has 0 bridgehead atoms. The number of hydrogen-bond donors (Lipinski definition) is 1. The number of aromatic nitrogens is 4. The van der Waals surface area contributed by atoms with E-state index in [4.69, 9.17) is 0 Å². The first-order valence-electron chi connectivity index (χ1n) is 7.49. The molecule has 1 aliphatic rings. The summed E-state index contributed by atoms with van der Waals surface area (Å²) in [7, 11) is 2.21. The Bertz CT molecular complexity index is 580. The van der Waals surface area contributed by atoms with Crippen molar-refractivity contribution in [2.45, 2.75) is 19.8 Å².